The number of amides is 2. The maximum Gasteiger partial charge on any atom is 0.246 e. The zero-order valence-corrected chi connectivity index (χ0v) is 18.7. The molecule has 1 spiro atoms. The van der Waals surface area contributed by atoms with Crippen LogP contribution in [0.4, 0.5) is 0 Å². The van der Waals surface area contributed by atoms with Crippen LogP contribution < -0.4 is 5.32 Å². The first-order chi connectivity index (χ1) is 13.2. The summed E-state index contributed by atoms with van der Waals surface area (Å²) >= 11 is 0. The third kappa shape index (κ3) is 4.87. The number of piperazine rings is 1. The molecule has 0 saturated carbocycles. The van der Waals surface area contributed by atoms with Gasteiger partial charge in [-0.15, -0.1) is 0 Å². The van der Waals surface area contributed by atoms with Gasteiger partial charge in [-0.1, -0.05) is 40.5 Å². The van der Waals surface area contributed by atoms with Gasteiger partial charge in [0.05, 0.1) is 5.75 Å². The third-order valence-corrected chi connectivity index (χ3v) is 7.87. The van der Waals surface area contributed by atoms with Crippen LogP contribution in [-0.2, 0) is 19.6 Å². The normalized spacial score (nSPS) is 23.5. The van der Waals surface area contributed by atoms with Gasteiger partial charge in [0.1, 0.15) is 11.6 Å². The Labute approximate surface area is 170 Å². The Morgan fingerprint density at radius 1 is 1.11 bits per heavy atom. The predicted octanol–water partition coefficient (Wildman–Crippen LogP) is 2.12. The molecule has 0 radical (unpaired) electrons. The Morgan fingerprint density at radius 2 is 1.75 bits per heavy atom. The number of nitrogens with zero attached hydrogens (tertiary/aromatic N) is 2. The van der Waals surface area contributed by atoms with E-state index in [4.69, 9.17) is 0 Å². The van der Waals surface area contributed by atoms with Gasteiger partial charge in [0, 0.05) is 19.6 Å². The Bertz CT molecular complexity index is 654. The van der Waals surface area contributed by atoms with Crippen molar-refractivity contribution in [1.29, 1.82) is 0 Å². The fourth-order valence-electron chi connectivity index (χ4n) is 4.35. The molecule has 8 heteroatoms. The van der Waals surface area contributed by atoms with E-state index in [-0.39, 0.29) is 17.6 Å². The van der Waals surface area contributed by atoms with E-state index in [1.807, 2.05) is 27.7 Å². The highest BCUT2D eigenvalue weighted by Crippen LogP contribution is 2.35. The first-order valence-corrected chi connectivity index (χ1v) is 12.4. The van der Waals surface area contributed by atoms with Crippen LogP contribution in [0.3, 0.4) is 0 Å². The Kier molecular flexibility index (Phi) is 7.90. The molecule has 2 amide bonds. The Hall–Kier alpha value is -1.15. The molecule has 2 aliphatic rings. The standard InChI is InChI=1S/C20H37N3O4S/c1-5-7-8-14-28(26,27)22-12-9-20(10-13-22)19(25)21-17(15-16(3)4)18(24)23(20)11-6-2/h16-17H,5-15H2,1-4H3,(H,21,25). The van der Waals surface area contributed by atoms with E-state index in [2.05, 4.69) is 5.32 Å². The van der Waals surface area contributed by atoms with Crippen LogP contribution in [-0.4, -0.2) is 66.4 Å². The quantitative estimate of drug-likeness (QED) is 0.585. The summed E-state index contributed by atoms with van der Waals surface area (Å²) in [6, 6.07) is -0.472. The van der Waals surface area contributed by atoms with Crippen molar-refractivity contribution in [3.05, 3.63) is 0 Å². The SMILES string of the molecule is CCCCCS(=O)(=O)N1CCC2(CC1)C(=O)NC(CC(C)C)C(=O)N2CCC. The average Bonchev–Trinajstić information content (AvgIpc) is 2.63. The van der Waals surface area contributed by atoms with Crippen LogP contribution in [0, 0.1) is 5.92 Å². The maximum atomic E-state index is 13.1. The number of hydrogen-bond donors (Lipinski definition) is 1. The summed E-state index contributed by atoms with van der Waals surface area (Å²) in [5.41, 5.74) is -0.907. The van der Waals surface area contributed by atoms with Crippen molar-refractivity contribution in [2.24, 2.45) is 5.92 Å². The highest BCUT2D eigenvalue weighted by molar-refractivity contribution is 7.89. The number of piperidine rings is 1. The summed E-state index contributed by atoms with van der Waals surface area (Å²) in [6.07, 6.45) is 4.67. The fraction of sp³-hybridized carbons (Fsp3) is 0.900. The number of carbonyl (C=O) groups excluding carboxylic acids is 2. The van der Waals surface area contributed by atoms with E-state index in [1.54, 1.807) is 4.90 Å². The summed E-state index contributed by atoms with van der Waals surface area (Å²) < 4.78 is 26.7. The molecule has 162 valence electrons. The smallest absolute Gasteiger partial charge is 0.246 e. The van der Waals surface area contributed by atoms with Gasteiger partial charge in [0.15, 0.2) is 0 Å². The lowest BCUT2D eigenvalue weighted by Crippen LogP contribution is -2.73. The summed E-state index contributed by atoms with van der Waals surface area (Å²) in [7, 11) is -3.30. The second-order valence-corrected chi connectivity index (χ2v) is 10.7. The van der Waals surface area contributed by atoms with Crippen LogP contribution in [0.25, 0.3) is 0 Å². The van der Waals surface area contributed by atoms with Crippen molar-refractivity contribution in [2.45, 2.75) is 84.2 Å². The van der Waals surface area contributed by atoms with Gasteiger partial charge in [-0.05, 0) is 38.0 Å². The number of sulfonamides is 1. The third-order valence-electron chi connectivity index (χ3n) is 5.91. The van der Waals surface area contributed by atoms with E-state index >= 15 is 0 Å². The van der Waals surface area contributed by atoms with Crippen LogP contribution in [0.15, 0.2) is 0 Å². The van der Waals surface area contributed by atoms with E-state index in [0.717, 1.165) is 19.3 Å². The lowest BCUT2D eigenvalue weighted by atomic mass is 9.81. The molecule has 2 aliphatic heterocycles. The predicted molar refractivity (Wildman–Crippen MR) is 110 cm³/mol. The molecular formula is C20H37N3O4S. The van der Waals surface area contributed by atoms with Gasteiger partial charge in [-0.3, -0.25) is 9.59 Å². The second-order valence-electron chi connectivity index (χ2n) is 8.60. The maximum absolute atomic E-state index is 13.1. The highest BCUT2D eigenvalue weighted by Gasteiger charge is 2.54. The van der Waals surface area contributed by atoms with Crippen LogP contribution in [0.1, 0.15) is 72.6 Å². The largest absolute Gasteiger partial charge is 0.342 e. The van der Waals surface area contributed by atoms with Crippen molar-refractivity contribution in [3.8, 4) is 0 Å². The number of rotatable bonds is 9. The van der Waals surface area contributed by atoms with Gasteiger partial charge < -0.3 is 10.2 Å². The van der Waals surface area contributed by atoms with Crippen LogP contribution in [0.5, 0.6) is 0 Å². The van der Waals surface area contributed by atoms with Crippen molar-refractivity contribution < 1.29 is 18.0 Å². The molecule has 1 N–H and O–H groups in total. The van der Waals surface area contributed by atoms with Crippen molar-refractivity contribution >= 4 is 21.8 Å². The van der Waals surface area contributed by atoms with Gasteiger partial charge in [0.2, 0.25) is 21.8 Å². The van der Waals surface area contributed by atoms with E-state index in [0.29, 0.717) is 51.2 Å². The summed E-state index contributed by atoms with van der Waals surface area (Å²) in [5.74, 6) is 0.333. The molecule has 2 fully saturated rings. The van der Waals surface area contributed by atoms with E-state index in [1.165, 1.54) is 4.31 Å². The lowest BCUT2D eigenvalue weighted by molar-refractivity contribution is -0.160. The topological polar surface area (TPSA) is 86.8 Å². The molecule has 0 aromatic rings. The molecule has 2 saturated heterocycles. The van der Waals surface area contributed by atoms with Gasteiger partial charge in [-0.2, -0.15) is 0 Å². The molecule has 28 heavy (non-hydrogen) atoms. The molecule has 1 unspecified atom stereocenters. The van der Waals surface area contributed by atoms with Crippen molar-refractivity contribution in [1.82, 2.24) is 14.5 Å². The van der Waals surface area contributed by atoms with Gasteiger partial charge in [0.25, 0.3) is 0 Å². The van der Waals surface area contributed by atoms with Crippen molar-refractivity contribution in [3.63, 3.8) is 0 Å². The van der Waals surface area contributed by atoms with Crippen LogP contribution in [0.2, 0.25) is 0 Å². The van der Waals surface area contributed by atoms with Crippen LogP contribution >= 0.6 is 0 Å². The Morgan fingerprint density at radius 3 is 2.29 bits per heavy atom. The molecular weight excluding hydrogens is 378 g/mol. The molecule has 0 bridgehead atoms. The molecule has 0 aromatic heterocycles. The van der Waals surface area contributed by atoms with Gasteiger partial charge >= 0.3 is 0 Å². The number of unbranched alkanes of at least 4 members (excludes halogenated alkanes) is 2. The van der Waals surface area contributed by atoms with E-state index < -0.39 is 21.6 Å². The fourth-order valence-corrected chi connectivity index (χ4v) is 5.92. The zero-order chi connectivity index (χ0) is 20.9. The van der Waals surface area contributed by atoms with E-state index in [9.17, 15) is 18.0 Å². The summed E-state index contributed by atoms with van der Waals surface area (Å²) in [4.78, 5) is 27.9. The minimum absolute atomic E-state index is 0.0191. The molecule has 2 rings (SSSR count). The molecule has 0 aliphatic carbocycles. The monoisotopic (exact) mass is 415 g/mol. The van der Waals surface area contributed by atoms with Gasteiger partial charge in [-0.25, -0.2) is 12.7 Å². The Balaban J connectivity index is 2.14. The minimum Gasteiger partial charge on any atom is -0.342 e. The summed E-state index contributed by atoms with van der Waals surface area (Å²) in [5, 5.41) is 2.94. The second kappa shape index (κ2) is 9.57. The molecule has 2 heterocycles. The summed E-state index contributed by atoms with van der Waals surface area (Å²) in [6.45, 7) is 9.24. The highest BCUT2D eigenvalue weighted by atomic mass is 32.2. The number of hydrogen-bond acceptors (Lipinski definition) is 4. The number of carbonyl (C=O) groups is 2. The molecule has 0 aromatic carbocycles. The first-order valence-electron chi connectivity index (χ1n) is 10.8. The molecule has 7 nitrogen and oxygen atoms in total. The first kappa shape index (κ1) is 23.1. The average molecular weight is 416 g/mol. The number of nitrogens with one attached hydrogen (secondary N) is 1. The van der Waals surface area contributed by atoms with Crippen molar-refractivity contribution in [2.75, 3.05) is 25.4 Å². The molecule has 1 atom stereocenters. The lowest BCUT2D eigenvalue weighted by Gasteiger charge is -2.51. The zero-order valence-electron chi connectivity index (χ0n) is 17.9. The minimum atomic E-state index is -3.30.